The summed E-state index contributed by atoms with van der Waals surface area (Å²) in [5, 5.41) is 3.52. The first-order valence-corrected chi connectivity index (χ1v) is 7.89. The van der Waals surface area contributed by atoms with Gasteiger partial charge in [-0.15, -0.1) is 0 Å². The second kappa shape index (κ2) is 5.48. The van der Waals surface area contributed by atoms with E-state index in [4.69, 9.17) is 0 Å². The van der Waals surface area contributed by atoms with Crippen molar-refractivity contribution < 1.29 is 0 Å². The summed E-state index contributed by atoms with van der Waals surface area (Å²) in [5.41, 5.74) is 0.544. The van der Waals surface area contributed by atoms with Gasteiger partial charge in [0, 0.05) is 26.2 Å². The monoisotopic (exact) mass is 251 g/mol. The maximum absolute atomic E-state index is 3.52. The van der Waals surface area contributed by atoms with E-state index in [0.717, 1.165) is 5.92 Å². The van der Waals surface area contributed by atoms with Gasteiger partial charge in [-0.2, -0.15) is 0 Å². The lowest BCUT2D eigenvalue weighted by Crippen LogP contribution is -2.37. The van der Waals surface area contributed by atoms with Gasteiger partial charge in [-0.05, 0) is 63.2 Å². The Kier molecular flexibility index (Phi) is 3.92. The van der Waals surface area contributed by atoms with Crippen LogP contribution in [0.4, 0.5) is 0 Å². The average Bonchev–Trinajstić information content (AvgIpc) is 3.03. The zero-order chi connectivity index (χ0) is 12.4. The summed E-state index contributed by atoms with van der Waals surface area (Å²) in [6.07, 6.45) is 5.65. The Labute approximate surface area is 112 Å². The van der Waals surface area contributed by atoms with Crippen LogP contribution in [0, 0.1) is 11.3 Å². The van der Waals surface area contributed by atoms with Crippen LogP contribution < -0.4 is 5.32 Å². The smallest absolute Gasteiger partial charge is 0.00481 e. The number of nitrogens with zero attached hydrogens (tertiary/aromatic N) is 2. The minimum Gasteiger partial charge on any atom is -0.316 e. The Hall–Kier alpha value is -0.120. The highest BCUT2D eigenvalue weighted by Crippen LogP contribution is 2.29. The second-order valence-electron chi connectivity index (χ2n) is 7.13. The molecule has 3 nitrogen and oxygen atoms in total. The van der Waals surface area contributed by atoms with E-state index in [0.29, 0.717) is 5.41 Å². The molecule has 3 saturated heterocycles. The lowest BCUT2D eigenvalue weighted by molar-refractivity contribution is 0.196. The fraction of sp³-hybridized carbons (Fsp3) is 1.00. The van der Waals surface area contributed by atoms with Crippen molar-refractivity contribution in [3.8, 4) is 0 Å². The van der Waals surface area contributed by atoms with Crippen LogP contribution in [0.1, 0.15) is 32.6 Å². The lowest BCUT2D eigenvalue weighted by Gasteiger charge is -2.29. The highest BCUT2D eigenvalue weighted by molar-refractivity contribution is 4.89. The van der Waals surface area contributed by atoms with Crippen molar-refractivity contribution in [3.05, 3.63) is 0 Å². The summed E-state index contributed by atoms with van der Waals surface area (Å²) < 4.78 is 0. The van der Waals surface area contributed by atoms with Crippen molar-refractivity contribution in [2.45, 2.75) is 32.6 Å². The van der Waals surface area contributed by atoms with Crippen molar-refractivity contribution >= 4 is 0 Å². The zero-order valence-corrected chi connectivity index (χ0v) is 12.0. The summed E-state index contributed by atoms with van der Waals surface area (Å²) >= 11 is 0. The molecule has 3 heterocycles. The third kappa shape index (κ3) is 3.06. The van der Waals surface area contributed by atoms with Crippen molar-refractivity contribution in [3.63, 3.8) is 0 Å². The molecule has 1 N–H and O–H groups in total. The minimum atomic E-state index is 0.544. The quantitative estimate of drug-likeness (QED) is 0.815. The molecule has 3 aliphatic rings. The molecule has 0 aliphatic carbocycles. The highest BCUT2D eigenvalue weighted by atomic mass is 15.2. The molecular formula is C15H29N3. The van der Waals surface area contributed by atoms with E-state index in [2.05, 4.69) is 22.0 Å². The SMILES string of the molecule is CC1(CN2CCC(CN3CCCC3)C2)CCNC1. The minimum absolute atomic E-state index is 0.544. The predicted octanol–water partition coefficient (Wildman–Crippen LogP) is 1.40. The molecule has 2 atom stereocenters. The molecule has 0 aromatic rings. The van der Waals surface area contributed by atoms with E-state index in [1.807, 2.05) is 0 Å². The molecule has 3 fully saturated rings. The van der Waals surface area contributed by atoms with E-state index in [1.54, 1.807) is 0 Å². The summed E-state index contributed by atoms with van der Waals surface area (Å²) in [7, 11) is 0. The molecule has 0 radical (unpaired) electrons. The first-order chi connectivity index (χ1) is 8.73. The normalized spacial score (nSPS) is 38.8. The predicted molar refractivity (Wildman–Crippen MR) is 75.8 cm³/mol. The first kappa shape index (κ1) is 12.9. The molecule has 0 aromatic heterocycles. The van der Waals surface area contributed by atoms with Crippen LogP contribution in [0.25, 0.3) is 0 Å². The van der Waals surface area contributed by atoms with Crippen LogP contribution in [-0.2, 0) is 0 Å². The molecule has 3 rings (SSSR count). The molecule has 0 bridgehead atoms. The van der Waals surface area contributed by atoms with Gasteiger partial charge in [0.1, 0.15) is 0 Å². The summed E-state index contributed by atoms with van der Waals surface area (Å²) in [6, 6.07) is 0. The molecule has 104 valence electrons. The number of hydrogen-bond donors (Lipinski definition) is 1. The van der Waals surface area contributed by atoms with Crippen molar-refractivity contribution in [1.82, 2.24) is 15.1 Å². The standard InChI is InChI=1S/C15H29N3/c1-15(5-6-16-12-15)13-18-9-4-14(11-18)10-17-7-2-3-8-17/h14,16H,2-13H2,1H3. The van der Waals surface area contributed by atoms with E-state index in [9.17, 15) is 0 Å². The molecule has 3 aliphatic heterocycles. The van der Waals surface area contributed by atoms with Gasteiger partial charge < -0.3 is 15.1 Å². The van der Waals surface area contributed by atoms with Crippen LogP contribution in [-0.4, -0.2) is 62.2 Å². The molecule has 18 heavy (non-hydrogen) atoms. The molecule has 0 aromatic carbocycles. The van der Waals surface area contributed by atoms with Gasteiger partial charge in [0.05, 0.1) is 0 Å². The zero-order valence-electron chi connectivity index (χ0n) is 12.0. The van der Waals surface area contributed by atoms with Gasteiger partial charge in [0.2, 0.25) is 0 Å². The molecule has 3 heteroatoms. The number of hydrogen-bond acceptors (Lipinski definition) is 3. The summed E-state index contributed by atoms with van der Waals surface area (Å²) in [6.45, 7) is 13.0. The molecule has 0 amide bonds. The Morgan fingerprint density at radius 3 is 2.72 bits per heavy atom. The van der Waals surface area contributed by atoms with Crippen LogP contribution >= 0.6 is 0 Å². The Morgan fingerprint density at radius 2 is 2.00 bits per heavy atom. The van der Waals surface area contributed by atoms with E-state index in [1.165, 1.54) is 78.0 Å². The van der Waals surface area contributed by atoms with Crippen LogP contribution in [0.3, 0.4) is 0 Å². The molecule has 2 unspecified atom stereocenters. The van der Waals surface area contributed by atoms with Gasteiger partial charge in [0.25, 0.3) is 0 Å². The summed E-state index contributed by atoms with van der Waals surface area (Å²) in [4.78, 5) is 5.42. The Balaban J connectivity index is 1.43. The van der Waals surface area contributed by atoms with Gasteiger partial charge >= 0.3 is 0 Å². The lowest BCUT2D eigenvalue weighted by atomic mass is 9.89. The third-order valence-electron chi connectivity index (χ3n) is 5.15. The number of rotatable bonds is 4. The average molecular weight is 251 g/mol. The van der Waals surface area contributed by atoms with Crippen LogP contribution in [0.2, 0.25) is 0 Å². The second-order valence-corrected chi connectivity index (χ2v) is 7.13. The van der Waals surface area contributed by atoms with Gasteiger partial charge in [0.15, 0.2) is 0 Å². The van der Waals surface area contributed by atoms with E-state index in [-0.39, 0.29) is 0 Å². The Morgan fingerprint density at radius 1 is 1.17 bits per heavy atom. The van der Waals surface area contributed by atoms with Gasteiger partial charge in [-0.3, -0.25) is 0 Å². The molecule has 0 saturated carbocycles. The van der Waals surface area contributed by atoms with Crippen LogP contribution in [0.15, 0.2) is 0 Å². The fourth-order valence-corrected chi connectivity index (χ4v) is 4.08. The Bertz CT molecular complexity index is 267. The largest absolute Gasteiger partial charge is 0.316 e. The third-order valence-corrected chi connectivity index (χ3v) is 5.15. The molecule has 0 spiro atoms. The van der Waals surface area contributed by atoms with Gasteiger partial charge in [-0.1, -0.05) is 6.92 Å². The molecular weight excluding hydrogens is 222 g/mol. The van der Waals surface area contributed by atoms with E-state index < -0.39 is 0 Å². The van der Waals surface area contributed by atoms with Gasteiger partial charge in [-0.25, -0.2) is 0 Å². The van der Waals surface area contributed by atoms with Crippen molar-refractivity contribution in [2.24, 2.45) is 11.3 Å². The summed E-state index contributed by atoms with van der Waals surface area (Å²) in [5.74, 6) is 0.945. The topological polar surface area (TPSA) is 18.5 Å². The number of nitrogens with one attached hydrogen (secondary N) is 1. The maximum atomic E-state index is 3.52. The van der Waals surface area contributed by atoms with Crippen molar-refractivity contribution in [2.75, 3.05) is 52.4 Å². The first-order valence-electron chi connectivity index (χ1n) is 7.89. The van der Waals surface area contributed by atoms with Crippen molar-refractivity contribution in [1.29, 1.82) is 0 Å². The highest BCUT2D eigenvalue weighted by Gasteiger charge is 2.33. The van der Waals surface area contributed by atoms with E-state index >= 15 is 0 Å². The maximum Gasteiger partial charge on any atom is 0.00481 e. The van der Waals surface area contributed by atoms with Crippen LogP contribution in [0.5, 0.6) is 0 Å². The number of likely N-dealkylation sites (tertiary alicyclic amines) is 2. The fourth-order valence-electron chi connectivity index (χ4n) is 4.08.